The molecule has 0 amide bonds. The van der Waals surface area contributed by atoms with Gasteiger partial charge in [-0.15, -0.1) is 0 Å². The molecule has 1 aromatic rings. The first kappa shape index (κ1) is 11.2. The molecule has 3 unspecified atom stereocenters. The first-order valence-corrected chi connectivity index (χ1v) is 6.55. The zero-order valence-electron chi connectivity index (χ0n) is 10.9. The van der Waals surface area contributed by atoms with E-state index in [0.29, 0.717) is 12.1 Å². The lowest BCUT2D eigenvalue weighted by Crippen LogP contribution is -2.53. The van der Waals surface area contributed by atoms with Crippen molar-refractivity contribution in [3.8, 4) is 0 Å². The van der Waals surface area contributed by atoms with E-state index >= 15 is 0 Å². The van der Waals surface area contributed by atoms with Crippen molar-refractivity contribution >= 4 is 0 Å². The van der Waals surface area contributed by atoms with Crippen molar-refractivity contribution in [2.24, 2.45) is 0 Å². The van der Waals surface area contributed by atoms with E-state index < -0.39 is 0 Å². The molecule has 1 aliphatic heterocycles. The van der Waals surface area contributed by atoms with Gasteiger partial charge in [0, 0.05) is 12.1 Å². The molecule has 0 bridgehead atoms. The maximum Gasteiger partial charge on any atom is 0.0981 e. The van der Waals surface area contributed by atoms with Crippen molar-refractivity contribution in [2.75, 3.05) is 6.61 Å². The lowest BCUT2D eigenvalue weighted by atomic mass is 9.69. The summed E-state index contributed by atoms with van der Waals surface area (Å²) in [5.74, 6) is 0. The third-order valence-electron chi connectivity index (χ3n) is 4.12. The number of rotatable bonds is 0. The molecule has 0 spiro atoms. The molecule has 2 heteroatoms. The predicted molar refractivity (Wildman–Crippen MR) is 69.2 cm³/mol. The first-order chi connectivity index (χ1) is 8.08. The number of ether oxygens (including phenoxy) is 1. The van der Waals surface area contributed by atoms with E-state index in [1.54, 1.807) is 0 Å². The summed E-state index contributed by atoms with van der Waals surface area (Å²) in [5.41, 5.74) is 3.08. The minimum atomic E-state index is 0.241. The Morgan fingerprint density at radius 2 is 2.06 bits per heavy atom. The van der Waals surface area contributed by atoms with Gasteiger partial charge in [-0.3, -0.25) is 0 Å². The average Bonchev–Trinajstić information content (AvgIpc) is 2.28. The molecule has 3 atom stereocenters. The highest BCUT2D eigenvalue weighted by Gasteiger charge is 2.41. The van der Waals surface area contributed by atoms with Crippen LogP contribution in [-0.4, -0.2) is 18.7 Å². The molecule has 1 heterocycles. The van der Waals surface area contributed by atoms with Gasteiger partial charge in [0.2, 0.25) is 0 Å². The first-order valence-electron chi connectivity index (χ1n) is 6.55. The van der Waals surface area contributed by atoms with Gasteiger partial charge < -0.3 is 10.1 Å². The maximum atomic E-state index is 6.05. The number of hydrogen-bond acceptors (Lipinski definition) is 2. The van der Waals surface area contributed by atoms with Crippen molar-refractivity contribution in [3.05, 3.63) is 35.4 Å². The van der Waals surface area contributed by atoms with Gasteiger partial charge in [0.1, 0.15) is 0 Å². The molecule has 1 saturated heterocycles. The molecular weight excluding hydrogens is 210 g/mol. The van der Waals surface area contributed by atoms with E-state index in [1.165, 1.54) is 11.1 Å². The van der Waals surface area contributed by atoms with E-state index in [1.807, 2.05) is 0 Å². The van der Waals surface area contributed by atoms with Crippen LogP contribution in [0.2, 0.25) is 0 Å². The second-order valence-corrected chi connectivity index (χ2v) is 6.10. The quantitative estimate of drug-likeness (QED) is 0.741. The average molecular weight is 231 g/mol. The highest BCUT2D eigenvalue weighted by molar-refractivity contribution is 5.39. The van der Waals surface area contributed by atoms with E-state index in [-0.39, 0.29) is 11.5 Å². The Labute approximate surface area is 103 Å². The third-order valence-corrected chi connectivity index (χ3v) is 4.12. The van der Waals surface area contributed by atoms with Crippen LogP contribution in [0, 0.1) is 0 Å². The molecule has 3 rings (SSSR count). The molecule has 0 radical (unpaired) electrons. The normalized spacial score (nSPS) is 34.9. The summed E-state index contributed by atoms with van der Waals surface area (Å²) in [5, 5.41) is 3.69. The van der Waals surface area contributed by atoms with Crippen LogP contribution >= 0.6 is 0 Å². The SMILES string of the molecule is CC1COC2c3ccccc3C(C)(C)CC2N1. The molecule has 2 nitrogen and oxygen atoms in total. The minimum Gasteiger partial charge on any atom is -0.370 e. The molecule has 0 saturated carbocycles. The van der Waals surface area contributed by atoms with Gasteiger partial charge in [0.15, 0.2) is 0 Å². The Hall–Kier alpha value is -0.860. The largest absolute Gasteiger partial charge is 0.370 e. The van der Waals surface area contributed by atoms with E-state index in [0.717, 1.165) is 13.0 Å². The van der Waals surface area contributed by atoms with E-state index in [4.69, 9.17) is 4.74 Å². The van der Waals surface area contributed by atoms with Crippen molar-refractivity contribution in [1.82, 2.24) is 5.32 Å². The molecule has 1 aromatic carbocycles. The molecule has 1 fully saturated rings. The van der Waals surface area contributed by atoms with Crippen LogP contribution in [0.3, 0.4) is 0 Å². The molecule has 0 aromatic heterocycles. The standard InChI is InChI=1S/C15H21NO/c1-10-9-17-14-11-6-4-5-7-12(11)15(2,3)8-13(14)16-10/h4-7,10,13-14,16H,8-9H2,1-3H3. The number of nitrogens with one attached hydrogen (secondary N) is 1. The smallest absolute Gasteiger partial charge is 0.0981 e. The van der Waals surface area contributed by atoms with Crippen LogP contribution in [0.5, 0.6) is 0 Å². The Kier molecular flexibility index (Phi) is 2.53. The maximum absolute atomic E-state index is 6.05. The lowest BCUT2D eigenvalue weighted by Gasteiger charge is -2.46. The number of morpholine rings is 1. The fourth-order valence-electron chi connectivity index (χ4n) is 3.36. The third kappa shape index (κ3) is 1.80. The van der Waals surface area contributed by atoms with Crippen molar-refractivity contribution in [2.45, 2.75) is 50.8 Å². The summed E-state index contributed by atoms with van der Waals surface area (Å²) in [7, 11) is 0. The van der Waals surface area contributed by atoms with Crippen molar-refractivity contribution < 1.29 is 4.74 Å². The Morgan fingerprint density at radius 1 is 1.29 bits per heavy atom. The topological polar surface area (TPSA) is 21.3 Å². The van der Waals surface area contributed by atoms with Gasteiger partial charge in [-0.25, -0.2) is 0 Å². The van der Waals surface area contributed by atoms with E-state index in [2.05, 4.69) is 50.4 Å². The number of fused-ring (bicyclic) bond motifs is 3. The lowest BCUT2D eigenvalue weighted by molar-refractivity contribution is -0.0402. The second-order valence-electron chi connectivity index (χ2n) is 6.10. The zero-order valence-corrected chi connectivity index (χ0v) is 10.9. The summed E-state index contributed by atoms with van der Waals surface area (Å²) in [6, 6.07) is 9.68. The highest BCUT2D eigenvalue weighted by atomic mass is 16.5. The van der Waals surface area contributed by atoms with Crippen LogP contribution < -0.4 is 5.32 Å². The Morgan fingerprint density at radius 3 is 2.88 bits per heavy atom. The number of benzene rings is 1. The minimum absolute atomic E-state index is 0.241. The van der Waals surface area contributed by atoms with Crippen LogP contribution in [0.15, 0.2) is 24.3 Å². The van der Waals surface area contributed by atoms with Crippen LogP contribution in [0.25, 0.3) is 0 Å². The summed E-state index contributed by atoms with van der Waals surface area (Å²) >= 11 is 0. The highest BCUT2D eigenvalue weighted by Crippen LogP contribution is 2.44. The fourth-order valence-corrected chi connectivity index (χ4v) is 3.36. The van der Waals surface area contributed by atoms with Crippen LogP contribution in [0.1, 0.15) is 44.4 Å². The zero-order chi connectivity index (χ0) is 12.0. The van der Waals surface area contributed by atoms with Crippen LogP contribution in [0.4, 0.5) is 0 Å². The van der Waals surface area contributed by atoms with Gasteiger partial charge >= 0.3 is 0 Å². The molecule has 2 aliphatic rings. The van der Waals surface area contributed by atoms with Crippen LogP contribution in [-0.2, 0) is 10.2 Å². The van der Waals surface area contributed by atoms with Crippen molar-refractivity contribution in [1.29, 1.82) is 0 Å². The molecular formula is C15H21NO. The van der Waals surface area contributed by atoms with Gasteiger partial charge in [-0.05, 0) is 29.9 Å². The molecule has 1 aliphatic carbocycles. The van der Waals surface area contributed by atoms with E-state index in [9.17, 15) is 0 Å². The van der Waals surface area contributed by atoms with Crippen molar-refractivity contribution in [3.63, 3.8) is 0 Å². The Bertz CT molecular complexity index is 427. The van der Waals surface area contributed by atoms with Gasteiger partial charge in [0.25, 0.3) is 0 Å². The monoisotopic (exact) mass is 231 g/mol. The molecule has 17 heavy (non-hydrogen) atoms. The number of hydrogen-bond donors (Lipinski definition) is 1. The van der Waals surface area contributed by atoms with Gasteiger partial charge in [-0.1, -0.05) is 38.1 Å². The summed E-state index contributed by atoms with van der Waals surface area (Å²) in [4.78, 5) is 0. The predicted octanol–water partition coefficient (Wildman–Crippen LogP) is 2.79. The second kappa shape index (κ2) is 3.82. The fraction of sp³-hybridized carbons (Fsp3) is 0.600. The molecule has 1 N–H and O–H groups in total. The Balaban J connectivity index is 2.04. The molecule has 92 valence electrons. The van der Waals surface area contributed by atoms with Gasteiger partial charge in [0.05, 0.1) is 12.7 Å². The summed E-state index contributed by atoms with van der Waals surface area (Å²) < 4.78 is 6.05. The summed E-state index contributed by atoms with van der Waals surface area (Å²) in [6.07, 6.45) is 1.40. The van der Waals surface area contributed by atoms with Gasteiger partial charge in [-0.2, -0.15) is 0 Å². The summed E-state index contributed by atoms with van der Waals surface area (Å²) in [6.45, 7) is 7.69.